The molecule has 2 aromatic carbocycles. The Bertz CT molecular complexity index is 738. The highest BCUT2D eigenvalue weighted by atomic mass is 32.1. The molecule has 6 heteroatoms. The first kappa shape index (κ1) is 15.6. The van der Waals surface area contributed by atoms with Gasteiger partial charge in [-0.2, -0.15) is 5.26 Å². The molecule has 0 unspecified atom stereocenters. The second-order valence-corrected chi connectivity index (χ2v) is 4.86. The van der Waals surface area contributed by atoms with Gasteiger partial charge in [0, 0.05) is 11.3 Å². The third-order valence-electron chi connectivity index (χ3n) is 2.81. The van der Waals surface area contributed by atoms with E-state index in [9.17, 15) is 9.18 Å². The van der Waals surface area contributed by atoms with E-state index in [0.717, 1.165) is 11.6 Å². The molecule has 0 bridgehead atoms. The molecule has 2 rings (SSSR count). The predicted octanol–water partition coefficient (Wildman–Crippen LogP) is 3.02. The highest BCUT2D eigenvalue weighted by molar-refractivity contribution is 7.80. The van der Waals surface area contributed by atoms with Crippen molar-refractivity contribution in [2.24, 2.45) is 0 Å². The first-order chi connectivity index (χ1) is 10.6. The van der Waals surface area contributed by atoms with Gasteiger partial charge in [-0.05, 0) is 48.1 Å². The molecule has 1 amide bonds. The smallest absolute Gasteiger partial charge is 0.257 e. The van der Waals surface area contributed by atoms with Crippen LogP contribution in [-0.4, -0.2) is 11.0 Å². The summed E-state index contributed by atoms with van der Waals surface area (Å²) in [6.07, 6.45) is 0.334. The molecular weight excluding hydrogens is 301 g/mol. The van der Waals surface area contributed by atoms with Crippen molar-refractivity contribution in [2.45, 2.75) is 6.42 Å². The van der Waals surface area contributed by atoms with Gasteiger partial charge in [-0.15, -0.1) is 0 Å². The first-order valence-corrected chi connectivity index (χ1v) is 6.83. The molecule has 4 nitrogen and oxygen atoms in total. The lowest BCUT2D eigenvalue weighted by Gasteiger charge is -2.10. The summed E-state index contributed by atoms with van der Waals surface area (Å²) in [6.45, 7) is 0. The zero-order chi connectivity index (χ0) is 15.9. The second-order valence-electron chi connectivity index (χ2n) is 4.45. The number of carbonyl (C=O) groups excluding carboxylic acids is 1. The van der Waals surface area contributed by atoms with Crippen LogP contribution < -0.4 is 10.6 Å². The molecule has 0 aliphatic rings. The van der Waals surface area contributed by atoms with Crippen molar-refractivity contribution in [1.29, 1.82) is 5.26 Å². The van der Waals surface area contributed by atoms with E-state index < -0.39 is 11.7 Å². The van der Waals surface area contributed by atoms with Gasteiger partial charge in [-0.3, -0.25) is 10.1 Å². The summed E-state index contributed by atoms with van der Waals surface area (Å²) in [6, 6.07) is 14.5. The molecule has 0 saturated carbocycles. The average molecular weight is 313 g/mol. The molecule has 0 aliphatic heterocycles. The third kappa shape index (κ3) is 4.36. The zero-order valence-electron chi connectivity index (χ0n) is 11.5. The Labute approximate surface area is 132 Å². The molecule has 0 spiro atoms. The Balaban J connectivity index is 1.95. The van der Waals surface area contributed by atoms with E-state index in [4.69, 9.17) is 17.5 Å². The fraction of sp³-hybridized carbons (Fsp3) is 0.0625. The summed E-state index contributed by atoms with van der Waals surface area (Å²) < 4.78 is 13.1. The van der Waals surface area contributed by atoms with Crippen molar-refractivity contribution in [3.05, 3.63) is 65.5 Å². The Morgan fingerprint density at radius 3 is 2.59 bits per heavy atom. The second kappa shape index (κ2) is 7.29. The third-order valence-corrected chi connectivity index (χ3v) is 3.01. The van der Waals surface area contributed by atoms with Crippen LogP contribution in [-0.2, 0) is 6.42 Å². The number of halogens is 1. The monoisotopic (exact) mass is 313 g/mol. The number of amides is 1. The van der Waals surface area contributed by atoms with Gasteiger partial charge in [0.05, 0.1) is 12.5 Å². The number of carbonyl (C=O) groups is 1. The maximum atomic E-state index is 13.1. The van der Waals surface area contributed by atoms with Crippen molar-refractivity contribution >= 4 is 28.9 Å². The van der Waals surface area contributed by atoms with Gasteiger partial charge in [0.1, 0.15) is 5.82 Å². The summed E-state index contributed by atoms with van der Waals surface area (Å²) in [5.74, 6) is -0.974. The largest absolute Gasteiger partial charge is 0.332 e. The summed E-state index contributed by atoms with van der Waals surface area (Å²) in [5.41, 5.74) is 1.77. The molecule has 2 aromatic rings. The van der Waals surface area contributed by atoms with E-state index in [2.05, 4.69) is 16.7 Å². The molecule has 0 aliphatic carbocycles. The van der Waals surface area contributed by atoms with Crippen LogP contribution in [0.2, 0.25) is 0 Å². The highest BCUT2D eigenvalue weighted by Crippen LogP contribution is 2.10. The minimum atomic E-state index is -0.488. The van der Waals surface area contributed by atoms with Crippen LogP contribution in [0.15, 0.2) is 48.5 Å². The number of nitrogens with zero attached hydrogens (tertiary/aromatic N) is 1. The standard InChI is InChI=1S/C16H12FN3OS/c17-13-3-1-2-12(10-13)15(21)20-16(22)19-14-6-4-11(5-7-14)8-9-18/h1-7,10H,8H2,(H2,19,20,21,22). The van der Waals surface area contributed by atoms with Crippen LogP contribution >= 0.6 is 12.2 Å². The van der Waals surface area contributed by atoms with Crippen LogP contribution in [0.4, 0.5) is 10.1 Å². The van der Waals surface area contributed by atoms with E-state index in [-0.39, 0.29) is 10.7 Å². The number of nitriles is 1. The Morgan fingerprint density at radius 1 is 1.23 bits per heavy atom. The number of hydrogen-bond donors (Lipinski definition) is 2. The zero-order valence-corrected chi connectivity index (χ0v) is 12.3. The van der Waals surface area contributed by atoms with Crippen molar-refractivity contribution in [3.63, 3.8) is 0 Å². The van der Waals surface area contributed by atoms with Gasteiger partial charge in [-0.25, -0.2) is 4.39 Å². The van der Waals surface area contributed by atoms with Gasteiger partial charge < -0.3 is 5.32 Å². The lowest BCUT2D eigenvalue weighted by molar-refractivity contribution is 0.0977. The normalized spacial score (nSPS) is 9.64. The number of rotatable bonds is 3. The number of benzene rings is 2. The van der Waals surface area contributed by atoms with E-state index in [0.29, 0.717) is 12.1 Å². The van der Waals surface area contributed by atoms with Crippen molar-refractivity contribution in [2.75, 3.05) is 5.32 Å². The molecule has 0 radical (unpaired) electrons. The van der Waals surface area contributed by atoms with Crippen LogP contribution in [0.5, 0.6) is 0 Å². The summed E-state index contributed by atoms with van der Waals surface area (Å²) in [7, 11) is 0. The molecule has 0 saturated heterocycles. The van der Waals surface area contributed by atoms with E-state index in [1.165, 1.54) is 18.2 Å². The van der Waals surface area contributed by atoms with Gasteiger partial charge >= 0.3 is 0 Å². The summed E-state index contributed by atoms with van der Waals surface area (Å²) in [5, 5.41) is 14.0. The van der Waals surface area contributed by atoms with Crippen molar-refractivity contribution in [1.82, 2.24) is 5.32 Å². The molecular formula is C16H12FN3OS. The molecule has 0 fully saturated rings. The van der Waals surface area contributed by atoms with Gasteiger partial charge in [0.25, 0.3) is 5.91 Å². The van der Waals surface area contributed by atoms with Crippen LogP contribution in [0, 0.1) is 17.1 Å². The number of anilines is 1. The van der Waals surface area contributed by atoms with Gasteiger partial charge in [0.2, 0.25) is 0 Å². The molecule has 0 heterocycles. The summed E-state index contributed by atoms with van der Waals surface area (Å²) >= 11 is 5.04. The fourth-order valence-electron chi connectivity index (χ4n) is 1.76. The lowest BCUT2D eigenvalue weighted by atomic mass is 10.1. The number of nitrogens with one attached hydrogen (secondary N) is 2. The lowest BCUT2D eigenvalue weighted by Crippen LogP contribution is -2.34. The van der Waals surface area contributed by atoms with E-state index in [1.807, 2.05) is 0 Å². The SMILES string of the molecule is N#CCc1ccc(NC(=S)NC(=O)c2cccc(F)c2)cc1. The van der Waals surface area contributed by atoms with E-state index >= 15 is 0 Å². The fourth-order valence-corrected chi connectivity index (χ4v) is 1.98. The maximum Gasteiger partial charge on any atom is 0.257 e. The van der Waals surface area contributed by atoms with Crippen molar-refractivity contribution in [3.8, 4) is 6.07 Å². The first-order valence-electron chi connectivity index (χ1n) is 6.42. The van der Waals surface area contributed by atoms with E-state index in [1.54, 1.807) is 24.3 Å². The average Bonchev–Trinajstić information content (AvgIpc) is 2.49. The predicted molar refractivity (Wildman–Crippen MR) is 85.8 cm³/mol. The Hall–Kier alpha value is -2.78. The molecule has 110 valence electrons. The van der Waals surface area contributed by atoms with Crippen LogP contribution in [0.1, 0.15) is 15.9 Å². The molecule has 22 heavy (non-hydrogen) atoms. The number of thiocarbonyl (C=S) groups is 1. The molecule has 2 N–H and O–H groups in total. The number of hydrogen-bond acceptors (Lipinski definition) is 3. The van der Waals surface area contributed by atoms with Crippen LogP contribution in [0.3, 0.4) is 0 Å². The minimum absolute atomic E-state index is 0.113. The van der Waals surface area contributed by atoms with Gasteiger partial charge in [-0.1, -0.05) is 18.2 Å². The summed E-state index contributed by atoms with van der Waals surface area (Å²) in [4.78, 5) is 11.9. The van der Waals surface area contributed by atoms with Gasteiger partial charge in [0.15, 0.2) is 5.11 Å². The van der Waals surface area contributed by atoms with Crippen LogP contribution in [0.25, 0.3) is 0 Å². The highest BCUT2D eigenvalue weighted by Gasteiger charge is 2.08. The molecule has 0 aromatic heterocycles. The Kier molecular flexibility index (Phi) is 5.17. The molecule has 0 atom stereocenters. The maximum absolute atomic E-state index is 13.1. The Morgan fingerprint density at radius 2 is 1.95 bits per heavy atom. The topological polar surface area (TPSA) is 64.9 Å². The quantitative estimate of drug-likeness (QED) is 0.855. The van der Waals surface area contributed by atoms with Crippen molar-refractivity contribution < 1.29 is 9.18 Å². The minimum Gasteiger partial charge on any atom is -0.332 e.